The van der Waals surface area contributed by atoms with Gasteiger partial charge in [0.15, 0.2) is 5.69 Å². The fraction of sp³-hybridized carbons (Fsp3) is 0. The van der Waals surface area contributed by atoms with Gasteiger partial charge in [-0.05, 0) is 42.5 Å². The average Bonchev–Trinajstić information content (AvgIpc) is 3.68. The van der Waals surface area contributed by atoms with Gasteiger partial charge >= 0.3 is 0 Å². The number of hydrogen-bond donors (Lipinski definition) is 8. The van der Waals surface area contributed by atoms with E-state index in [9.17, 15) is 25.0 Å². The quantitative estimate of drug-likeness (QED) is 0.0620. The van der Waals surface area contributed by atoms with E-state index in [0.717, 1.165) is 45.6 Å². The maximum Gasteiger partial charge on any atom is 0.299 e. The van der Waals surface area contributed by atoms with Crippen molar-refractivity contribution in [3.05, 3.63) is 106 Å². The maximum atomic E-state index is 10.3. The minimum Gasteiger partial charge on any atom is -0.397 e. The molecule has 6 rings (SSSR count). The molecule has 0 saturated heterocycles. The Morgan fingerprint density at radius 3 is 1.59 bits per heavy atom. The summed E-state index contributed by atoms with van der Waals surface area (Å²) in [5.74, 6) is 0. The first-order chi connectivity index (χ1) is 21.0. The van der Waals surface area contributed by atoms with Crippen LogP contribution in [0.1, 0.15) is 0 Å². The van der Waals surface area contributed by atoms with Crippen LogP contribution in [0.3, 0.4) is 0 Å². The number of nitrogens with two attached hydrogens (primary N) is 5. The fourth-order valence-corrected chi connectivity index (χ4v) is 3.59. The highest BCUT2D eigenvalue weighted by Crippen LogP contribution is 2.30. The molecule has 13 N–H and O–H groups in total. The number of nitro groups is 2. The maximum absolute atomic E-state index is 10.3. The van der Waals surface area contributed by atoms with Crippen LogP contribution in [-0.4, -0.2) is 36.2 Å². The van der Waals surface area contributed by atoms with Crippen LogP contribution in [0.4, 0.5) is 45.5 Å². The van der Waals surface area contributed by atoms with E-state index in [2.05, 4.69) is 25.3 Å². The van der Waals surface area contributed by atoms with Crippen molar-refractivity contribution < 1.29 is 14.6 Å². The summed E-state index contributed by atoms with van der Waals surface area (Å²) >= 11 is 0. The Hall–Kier alpha value is -6.91. The number of H-pyrrole nitrogens is 2. The number of carbonyl (C=O) groups excluding carboxylic acids is 1. The summed E-state index contributed by atoms with van der Waals surface area (Å²) in [7, 11) is 0. The van der Waals surface area contributed by atoms with Gasteiger partial charge in [0.05, 0.1) is 62.0 Å². The smallest absolute Gasteiger partial charge is 0.299 e. The Labute approximate surface area is 248 Å². The van der Waals surface area contributed by atoms with Crippen molar-refractivity contribution in [2.24, 2.45) is 0 Å². The summed E-state index contributed by atoms with van der Waals surface area (Å²) in [6.07, 6.45) is 3.88. The van der Waals surface area contributed by atoms with Crippen LogP contribution in [-0.2, 0) is 4.79 Å². The molecule has 0 radical (unpaired) electrons. The average molecular weight is 601 g/mol. The largest absolute Gasteiger partial charge is 0.397 e. The molecular formula is C27H28N12O5. The number of nitrogen functional groups attached to an aromatic ring is 5. The Morgan fingerprint density at radius 1 is 0.636 bits per heavy atom. The number of nitrogens with one attached hydrogen (secondary N) is 3. The predicted molar refractivity (Wildman–Crippen MR) is 170 cm³/mol. The lowest BCUT2D eigenvalue weighted by Crippen LogP contribution is -2.00. The molecule has 0 aliphatic carbocycles. The van der Waals surface area contributed by atoms with Gasteiger partial charge in [0, 0.05) is 12.1 Å². The van der Waals surface area contributed by atoms with E-state index in [4.69, 9.17) is 28.7 Å². The predicted octanol–water partition coefficient (Wildman–Crippen LogP) is 3.79. The van der Waals surface area contributed by atoms with Crippen molar-refractivity contribution in [1.29, 1.82) is 0 Å². The van der Waals surface area contributed by atoms with E-state index in [1.807, 2.05) is 30.3 Å². The molecule has 6 aromatic rings. The molecule has 17 nitrogen and oxygen atoms in total. The Kier molecular flexibility index (Phi) is 10.5. The van der Waals surface area contributed by atoms with Crippen molar-refractivity contribution >= 4 is 74.0 Å². The molecule has 0 bridgehead atoms. The van der Waals surface area contributed by atoms with Crippen LogP contribution in [0.5, 0.6) is 0 Å². The van der Waals surface area contributed by atoms with E-state index in [1.165, 1.54) is 6.07 Å². The lowest BCUT2D eigenvalue weighted by molar-refractivity contribution is -0.392. The summed E-state index contributed by atoms with van der Waals surface area (Å²) in [4.78, 5) is 43.3. The molecule has 226 valence electrons. The molecular weight excluding hydrogens is 572 g/mol. The molecule has 17 heteroatoms. The number of amides is 1. The highest BCUT2D eigenvalue weighted by Gasteiger charge is 2.21. The zero-order valence-corrected chi connectivity index (χ0v) is 22.9. The molecule has 4 aromatic carbocycles. The van der Waals surface area contributed by atoms with Crippen LogP contribution in [0, 0.1) is 20.2 Å². The first-order valence-corrected chi connectivity index (χ1v) is 12.4. The van der Waals surface area contributed by atoms with E-state index >= 15 is 0 Å². The van der Waals surface area contributed by atoms with Crippen LogP contribution in [0.15, 0.2) is 85.5 Å². The Balaban J connectivity index is 0.000000162. The van der Waals surface area contributed by atoms with Gasteiger partial charge in [-0.15, -0.1) is 0 Å². The summed E-state index contributed by atoms with van der Waals surface area (Å²) in [6, 6.07) is 19.9. The van der Waals surface area contributed by atoms with Gasteiger partial charge in [0.1, 0.15) is 11.0 Å². The minimum absolute atomic E-state index is 0.419. The first-order valence-electron chi connectivity index (χ1n) is 12.4. The molecule has 0 saturated carbocycles. The number of nitro benzene ring substituents is 2. The van der Waals surface area contributed by atoms with Crippen molar-refractivity contribution in [3.63, 3.8) is 0 Å². The lowest BCUT2D eigenvalue weighted by atomic mass is 10.2. The summed E-state index contributed by atoms with van der Waals surface area (Å²) in [5, 5.41) is 23.2. The number of fused-ring (bicyclic) bond motifs is 2. The van der Waals surface area contributed by atoms with E-state index < -0.39 is 26.9 Å². The number of anilines is 6. The summed E-state index contributed by atoms with van der Waals surface area (Å²) in [5.41, 5.74) is 32.3. The van der Waals surface area contributed by atoms with Crippen molar-refractivity contribution in [2.45, 2.75) is 0 Å². The van der Waals surface area contributed by atoms with Gasteiger partial charge in [0.2, 0.25) is 6.41 Å². The second kappa shape index (κ2) is 14.6. The molecule has 0 spiro atoms. The van der Waals surface area contributed by atoms with E-state index in [0.29, 0.717) is 23.5 Å². The van der Waals surface area contributed by atoms with Crippen molar-refractivity contribution in [2.75, 3.05) is 34.0 Å². The van der Waals surface area contributed by atoms with E-state index in [-0.39, 0.29) is 0 Å². The molecule has 0 aliphatic rings. The molecule has 0 aliphatic heterocycles. The number of hydrogen-bond acceptors (Lipinski definition) is 12. The fourth-order valence-electron chi connectivity index (χ4n) is 3.59. The third-order valence-electron chi connectivity index (χ3n) is 5.77. The number of para-hydroxylation sites is 4. The Morgan fingerprint density at radius 2 is 1.09 bits per heavy atom. The number of nitrogens with zero attached hydrogens (tertiary/aromatic N) is 4. The third-order valence-corrected chi connectivity index (χ3v) is 5.77. The number of imidazole rings is 2. The van der Waals surface area contributed by atoms with Crippen LogP contribution in [0.25, 0.3) is 22.1 Å². The number of aromatic nitrogens is 4. The number of benzene rings is 4. The first kappa shape index (κ1) is 31.6. The number of carbonyl (C=O) groups is 1. The van der Waals surface area contributed by atoms with Gasteiger partial charge in [-0.1, -0.05) is 18.2 Å². The van der Waals surface area contributed by atoms with Gasteiger partial charge in [-0.3, -0.25) is 25.0 Å². The van der Waals surface area contributed by atoms with Gasteiger partial charge < -0.3 is 44.0 Å². The molecule has 1 amide bonds. The lowest BCUT2D eigenvalue weighted by Gasteiger charge is -2.00. The zero-order chi connectivity index (χ0) is 32.2. The SMILES string of the molecule is Nc1c([N+](=O)[O-])cccc1[N+](=O)[O-].Nc1cccc(N)c1N.Nc1cccc2[nH]cnc12.O=CNc1cccc2[nH]cnc12. The van der Waals surface area contributed by atoms with Gasteiger partial charge in [0.25, 0.3) is 11.4 Å². The number of rotatable bonds is 4. The second-order valence-corrected chi connectivity index (χ2v) is 8.59. The summed E-state index contributed by atoms with van der Waals surface area (Å²) in [6.45, 7) is 0. The zero-order valence-electron chi connectivity index (χ0n) is 22.9. The second-order valence-electron chi connectivity index (χ2n) is 8.59. The normalized spacial score (nSPS) is 9.82. The van der Waals surface area contributed by atoms with Crippen LogP contribution < -0.4 is 34.0 Å². The van der Waals surface area contributed by atoms with Crippen molar-refractivity contribution in [1.82, 2.24) is 19.9 Å². The summed E-state index contributed by atoms with van der Waals surface area (Å²) < 4.78 is 0. The Bertz CT molecular complexity index is 1850. The highest BCUT2D eigenvalue weighted by atomic mass is 16.6. The molecule has 2 heterocycles. The minimum atomic E-state index is -0.762. The van der Waals surface area contributed by atoms with Gasteiger partial charge in [-0.25, -0.2) is 9.97 Å². The molecule has 0 unspecified atom stereocenters. The third kappa shape index (κ3) is 7.85. The van der Waals surface area contributed by atoms with E-state index in [1.54, 1.807) is 36.9 Å². The van der Waals surface area contributed by atoms with Crippen LogP contribution >= 0.6 is 0 Å². The highest BCUT2D eigenvalue weighted by molar-refractivity contribution is 5.92. The molecule has 0 fully saturated rings. The molecule has 0 atom stereocenters. The van der Waals surface area contributed by atoms with Gasteiger partial charge in [-0.2, -0.15) is 0 Å². The molecule has 2 aromatic heterocycles. The molecule has 44 heavy (non-hydrogen) atoms. The standard InChI is InChI=1S/C8H7N3O.C7H7N3.C6H5N3O4.C6H9N3/c12-5-11-7-3-1-2-6-8(7)10-4-9-6;8-5-2-1-3-6-7(5)10-4-9-6;7-6-4(8(10)11)2-1-3-5(6)9(12)13;7-4-2-1-3-5(8)6(4)9/h1-5H,(H,9,10)(H,11,12);1-4H,8H2,(H,9,10);1-3H,7H2;1-3H,7-9H2. The van der Waals surface area contributed by atoms with Crippen molar-refractivity contribution in [3.8, 4) is 0 Å². The van der Waals surface area contributed by atoms with Crippen LogP contribution in [0.2, 0.25) is 0 Å². The topological polar surface area (TPSA) is 303 Å². The number of aromatic amines is 2. The monoisotopic (exact) mass is 600 g/mol.